The third-order valence-corrected chi connectivity index (χ3v) is 3.56. The van der Waals surface area contributed by atoms with Crippen LogP contribution in [0.25, 0.3) is 0 Å². The lowest BCUT2D eigenvalue weighted by molar-refractivity contribution is 0.257. The van der Waals surface area contributed by atoms with Crippen LogP contribution in [-0.4, -0.2) is 55.1 Å². The van der Waals surface area contributed by atoms with Crippen LogP contribution in [-0.2, 0) is 6.54 Å². The van der Waals surface area contributed by atoms with E-state index >= 15 is 0 Å². The summed E-state index contributed by atoms with van der Waals surface area (Å²) in [5.41, 5.74) is 1.18. The van der Waals surface area contributed by atoms with E-state index in [0.717, 1.165) is 25.5 Å². The van der Waals surface area contributed by atoms with Crippen molar-refractivity contribution < 1.29 is 0 Å². The Kier molecular flexibility index (Phi) is 4.49. The van der Waals surface area contributed by atoms with Gasteiger partial charge in [0, 0.05) is 37.4 Å². The van der Waals surface area contributed by atoms with Gasteiger partial charge in [0.2, 0.25) is 0 Å². The molecule has 0 amide bonds. The highest BCUT2D eigenvalue weighted by Gasteiger charge is 2.23. The summed E-state index contributed by atoms with van der Waals surface area (Å²) < 4.78 is 0. The number of nitrogens with one attached hydrogen (secondary N) is 1. The quantitative estimate of drug-likeness (QED) is 0.852. The lowest BCUT2D eigenvalue weighted by Gasteiger charge is -2.37. The van der Waals surface area contributed by atoms with Gasteiger partial charge in [-0.05, 0) is 34.0 Å². The zero-order valence-corrected chi connectivity index (χ0v) is 11.6. The number of likely N-dealkylation sites (N-methyl/N-ethyl adjacent to an activating group) is 1. The number of anilines is 1. The Balaban J connectivity index is 2.15. The van der Waals surface area contributed by atoms with Crippen molar-refractivity contribution in [3.63, 3.8) is 0 Å². The number of hydrogen-bond donors (Lipinski definition) is 1. The summed E-state index contributed by atoms with van der Waals surface area (Å²) in [4.78, 5) is 13.3. The number of piperidine rings is 1. The van der Waals surface area contributed by atoms with Crippen LogP contribution in [0.3, 0.4) is 0 Å². The van der Waals surface area contributed by atoms with Crippen LogP contribution in [0.5, 0.6) is 0 Å². The van der Waals surface area contributed by atoms with E-state index in [9.17, 15) is 0 Å². The molecule has 1 N–H and O–H groups in total. The molecular formula is C13H23N5. The van der Waals surface area contributed by atoms with E-state index in [0.29, 0.717) is 6.04 Å². The molecule has 5 heteroatoms. The lowest BCUT2D eigenvalue weighted by Crippen LogP contribution is -2.45. The monoisotopic (exact) mass is 249 g/mol. The zero-order chi connectivity index (χ0) is 13.0. The molecule has 5 nitrogen and oxygen atoms in total. The van der Waals surface area contributed by atoms with Crippen molar-refractivity contribution in [1.29, 1.82) is 0 Å². The Morgan fingerprint density at radius 2 is 2.33 bits per heavy atom. The molecule has 1 fully saturated rings. The smallest absolute Gasteiger partial charge is 0.136 e. The van der Waals surface area contributed by atoms with Gasteiger partial charge in [0.25, 0.3) is 0 Å². The minimum absolute atomic E-state index is 0.621. The maximum absolute atomic E-state index is 4.47. The molecule has 0 aliphatic carbocycles. The van der Waals surface area contributed by atoms with Gasteiger partial charge in [-0.1, -0.05) is 0 Å². The lowest BCUT2D eigenvalue weighted by atomic mass is 10.0. The van der Waals surface area contributed by atoms with Gasteiger partial charge in [0.1, 0.15) is 12.1 Å². The average Bonchev–Trinajstić information content (AvgIpc) is 2.40. The topological polar surface area (TPSA) is 44.3 Å². The van der Waals surface area contributed by atoms with Gasteiger partial charge < -0.3 is 15.1 Å². The standard InChI is InChI=1S/C13H23N5/c1-14-7-11-8-15-10-16-13(11)18-6-4-5-12(9-18)17(2)3/h8,10,12,14H,4-7,9H2,1-3H3. The van der Waals surface area contributed by atoms with E-state index in [1.165, 1.54) is 18.4 Å². The maximum atomic E-state index is 4.47. The predicted molar refractivity (Wildman–Crippen MR) is 73.7 cm³/mol. The summed E-state index contributed by atoms with van der Waals surface area (Å²) in [6, 6.07) is 0.621. The molecule has 1 saturated heterocycles. The summed E-state index contributed by atoms with van der Waals surface area (Å²) >= 11 is 0. The van der Waals surface area contributed by atoms with Gasteiger partial charge >= 0.3 is 0 Å². The van der Waals surface area contributed by atoms with Crippen LogP contribution in [0.15, 0.2) is 12.5 Å². The number of nitrogens with zero attached hydrogens (tertiary/aromatic N) is 4. The third kappa shape index (κ3) is 2.97. The highest BCUT2D eigenvalue weighted by molar-refractivity contribution is 5.46. The Hall–Kier alpha value is -1.20. The molecule has 2 heterocycles. The fourth-order valence-corrected chi connectivity index (χ4v) is 2.52. The van der Waals surface area contributed by atoms with Gasteiger partial charge in [-0.15, -0.1) is 0 Å². The number of aromatic nitrogens is 2. The van der Waals surface area contributed by atoms with E-state index in [4.69, 9.17) is 0 Å². The van der Waals surface area contributed by atoms with Gasteiger partial charge in [-0.2, -0.15) is 0 Å². The fourth-order valence-electron chi connectivity index (χ4n) is 2.52. The van der Waals surface area contributed by atoms with Crippen molar-refractivity contribution in [2.45, 2.75) is 25.4 Å². The molecule has 0 spiro atoms. The highest BCUT2D eigenvalue weighted by atomic mass is 15.2. The zero-order valence-electron chi connectivity index (χ0n) is 11.6. The van der Waals surface area contributed by atoms with Crippen molar-refractivity contribution in [2.24, 2.45) is 0 Å². The van der Waals surface area contributed by atoms with E-state index in [-0.39, 0.29) is 0 Å². The first-order valence-corrected chi connectivity index (χ1v) is 6.57. The van der Waals surface area contributed by atoms with Crippen LogP contribution < -0.4 is 10.2 Å². The molecule has 18 heavy (non-hydrogen) atoms. The second-order valence-electron chi connectivity index (χ2n) is 5.11. The maximum Gasteiger partial charge on any atom is 0.136 e. The summed E-state index contributed by atoms with van der Waals surface area (Å²) in [5.74, 6) is 1.09. The predicted octanol–water partition coefficient (Wildman–Crippen LogP) is 0.726. The summed E-state index contributed by atoms with van der Waals surface area (Å²) in [5, 5.41) is 3.18. The van der Waals surface area contributed by atoms with Crippen LogP contribution in [0, 0.1) is 0 Å². The highest BCUT2D eigenvalue weighted by Crippen LogP contribution is 2.22. The van der Waals surface area contributed by atoms with Gasteiger partial charge in [0.15, 0.2) is 0 Å². The Labute approximate surface area is 109 Å². The van der Waals surface area contributed by atoms with Crippen molar-refractivity contribution in [3.05, 3.63) is 18.1 Å². The molecule has 0 radical (unpaired) electrons. The second kappa shape index (κ2) is 6.11. The Morgan fingerprint density at radius 3 is 3.06 bits per heavy atom. The molecule has 0 bridgehead atoms. The Bertz CT molecular complexity index is 379. The van der Waals surface area contributed by atoms with E-state index in [1.54, 1.807) is 6.33 Å². The van der Waals surface area contributed by atoms with Crippen molar-refractivity contribution >= 4 is 5.82 Å². The largest absolute Gasteiger partial charge is 0.355 e. The summed E-state index contributed by atoms with van der Waals surface area (Å²) in [7, 11) is 6.26. The molecule has 1 aliphatic heterocycles. The Morgan fingerprint density at radius 1 is 1.50 bits per heavy atom. The minimum Gasteiger partial charge on any atom is -0.355 e. The van der Waals surface area contributed by atoms with Gasteiger partial charge in [-0.25, -0.2) is 9.97 Å². The van der Waals surface area contributed by atoms with Crippen molar-refractivity contribution in [3.8, 4) is 0 Å². The van der Waals surface area contributed by atoms with Crippen LogP contribution in [0.2, 0.25) is 0 Å². The number of rotatable bonds is 4. The van der Waals surface area contributed by atoms with Crippen LogP contribution in [0.4, 0.5) is 5.82 Å². The first kappa shape index (κ1) is 13.2. The third-order valence-electron chi connectivity index (χ3n) is 3.56. The molecule has 1 aliphatic rings. The van der Waals surface area contributed by atoms with Crippen molar-refractivity contribution in [1.82, 2.24) is 20.2 Å². The average molecular weight is 249 g/mol. The van der Waals surface area contributed by atoms with Gasteiger partial charge in [0.05, 0.1) is 0 Å². The molecule has 1 aromatic rings. The summed E-state index contributed by atoms with van der Waals surface area (Å²) in [6.07, 6.45) is 6.06. The van der Waals surface area contributed by atoms with E-state index < -0.39 is 0 Å². The first-order chi connectivity index (χ1) is 8.72. The molecule has 0 saturated carbocycles. The second-order valence-corrected chi connectivity index (χ2v) is 5.11. The molecule has 1 unspecified atom stereocenters. The number of hydrogen-bond acceptors (Lipinski definition) is 5. The molecule has 1 atom stereocenters. The fraction of sp³-hybridized carbons (Fsp3) is 0.692. The molecule has 100 valence electrons. The normalized spacial score (nSPS) is 20.4. The van der Waals surface area contributed by atoms with E-state index in [1.807, 2.05) is 13.2 Å². The molecule has 0 aromatic carbocycles. The SMILES string of the molecule is CNCc1cncnc1N1CCCC(N(C)C)C1. The van der Waals surface area contributed by atoms with Crippen molar-refractivity contribution in [2.75, 3.05) is 39.1 Å². The van der Waals surface area contributed by atoms with Gasteiger partial charge in [-0.3, -0.25) is 0 Å². The van der Waals surface area contributed by atoms with E-state index in [2.05, 4.69) is 39.2 Å². The summed E-state index contributed by atoms with van der Waals surface area (Å²) in [6.45, 7) is 2.97. The van der Waals surface area contributed by atoms with Crippen LogP contribution in [0.1, 0.15) is 18.4 Å². The van der Waals surface area contributed by atoms with Crippen LogP contribution >= 0.6 is 0 Å². The molecule has 1 aromatic heterocycles. The first-order valence-electron chi connectivity index (χ1n) is 6.57. The molecular weight excluding hydrogens is 226 g/mol. The minimum atomic E-state index is 0.621. The molecule has 2 rings (SSSR count).